The van der Waals surface area contributed by atoms with Crippen molar-refractivity contribution in [2.24, 2.45) is 5.73 Å². The minimum absolute atomic E-state index is 0.0770. The highest BCUT2D eigenvalue weighted by atomic mass is 32.2. The standard InChI is InChI=1S/C14H20N2O3S/c1-10-8-12(15)6-7-16(10)14(17)11-4-3-5-13(9-11)20(2,18)19/h3-5,9-10,12H,6-8,15H2,1-2H3. The third kappa shape index (κ3) is 3.19. The van der Waals surface area contributed by atoms with Crippen LogP contribution in [0.5, 0.6) is 0 Å². The lowest BCUT2D eigenvalue weighted by Gasteiger charge is -2.36. The third-order valence-electron chi connectivity index (χ3n) is 3.69. The Bertz CT molecular complexity index is 613. The van der Waals surface area contributed by atoms with Crippen molar-refractivity contribution in [2.45, 2.75) is 36.7 Å². The van der Waals surface area contributed by atoms with Crippen molar-refractivity contribution in [1.29, 1.82) is 0 Å². The Labute approximate surface area is 119 Å². The number of rotatable bonds is 2. The number of hydrogen-bond donors (Lipinski definition) is 1. The van der Waals surface area contributed by atoms with Crippen LogP contribution in [0.25, 0.3) is 0 Å². The maximum atomic E-state index is 12.5. The SMILES string of the molecule is CC1CC(N)CCN1C(=O)c1cccc(S(C)(=O)=O)c1. The molecule has 1 aromatic carbocycles. The molecule has 0 aliphatic carbocycles. The number of nitrogens with zero attached hydrogens (tertiary/aromatic N) is 1. The second-order valence-electron chi connectivity index (χ2n) is 5.43. The molecule has 1 saturated heterocycles. The largest absolute Gasteiger partial charge is 0.336 e. The summed E-state index contributed by atoms with van der Waals surface area (Å²) in [6, 6.07) is 6.41. The maximum absolute atomic E-state index is 12.5. The van der Waals surface area contributed by atoms with E-state index in [1.165, 1.54) is 12.1 Å². The Morgan fingerprint density at radius 2 is 2.10 bits per heavy atom. The molecule has 1 aliphatic rings. The van der Waals surface area contributed by atoms with Gasteiger partial charge in [-0.1, -0.05) is 6.07 Å². The summed E-state index contributed by atoms with van der Waals surface area (Å²) in [5.41, 5.74) is 6.30. The maximum Gasteiger partial charge on any atom is 0.254 e. The average Bonchev–Trinajstić information content (AvgIpc) is 2.37. The number of nitrogens with two attached hydrogens (primary N) is 1. The smallest absolute Gasteiger partial charge is 0.254 e. The van der Waals surface area contributed by atoms with Gasteiger partial charge in [-0.05, 0) is 38.0 Å². The first-order valence-electron chi connectivity index (χ1n) is 6.65. The summed E-state index contributed by atoms with van der Waals surface area (Å²) in [7, 11) is -3.30. The number of amides is 1. The molecule has 0 aromatic heterocycles. The van der Waals surface area contributed by atoms with Crippen molar-refractivity contribution in [3.05, 3.63) is 29.8 Å². The van der Waals surface area contributed by atoms with Gasteiger partial charge >= 0.3 is 0 Å². The van der Waals surface area contributed by atoms with Crippen LogP contribution in [0.2, 0.25) is 0 Å². The van der Waals surface area contributed by atoms with Gasteiger partial charge in [-0.15, -0.1) is 0 Å². The van der Waals surface area contributed by atoms with Crippen LogP contribution in [0.15, 0.2) is 29.2 Å². The molecular weight excluding hydrogens is 276 g/mol. The minimum Gasteiger partial charge on any atom is -0.336 e. The van der Waals surface area contributed by atoms with E-state index in [1.807, 2.05) is 6.92 Å². The predicted molar refractivity (Wildman–Crippen MR) is 77.3 cm³/mol. The molecule has 6 heteroatoms. The van der Waals surface area contributed by atoms with E-state index in [2.05, 4.69) is 0 Å². The number of hydrogen-bond acceptors (Lipinski definition) is 4. The number of carbonyl (C=O) groups is 1. The van der Waals surface area contributed by atoms with Gasteiger partial charge in [-0.25, -0.2) is 8.42 Å². The van der Waals surface area contributed by atoms with Crippen LogP contribution in [0, 0.1) is 0 Å². The Hall–Kier alpha value is -1.40. The molecule has 1 aliphatic heterocycles. The number of benzene rings is 1. The van der Waals surface area contributed by atoms with Gasteiger partial charge < -0.3 is 10.6 Å². The van der Waals surface area contributed by atoms with Crippen molar-refractivity contribution < 1.29 is 13.2 Å². The highest BCUT2D eigenvalue weighted by Crippen LogP contribution is 2.20. The molecule has 0 bridgehead atoms. The van der Waals surface area contributed by atoms with E-state index >= 15 is 0 Å². The monoisotopic (exact) mass is 296 g/mol. The van der Waals surface area contributed by atoms with Crippen LogP contribution in [0.1, 0.15) is 30.1 Å². The van der Waals surface area contributed by atoms with E-state index in [-0.39, 0.29) is 22.9 Å². The first kappa shape index (κ1) is 15.0. The average molecular weight is 296 g/mol. The third-order valence-corrected chi connectivity index (χ3v) is 4.80. The van der Waals surface area contributed by atoms with Gasteiger partial charge in [0, 0.05) is 30.4 Å². The number of sulfone groups is 1. The van der Waals surface area contributed by atoms with E-state index < -0.39 is 9.84 Å². The Balaban J connectivity index is 2.26. The second-order valence-corrected chi connectivity index (χ2v) is 7.45. The summed E-state index contributed by atoms with van der Waals surface area (Å²) < 4.78 is 23.1. The molecule has 1 aromatic rings. The predicted octanol–water partition coefficient (Wildman–Crippen LogP) is 1.04. The lowest BCUT2D eigenvalue weighted by molar-refractivity contribution is 0.0619. The van der Waals surface area contributed by atoms with E-state index in [9.17, 15) is 13.2 Å². The molecule has 2 N–H and O–H groups in total. The van der Waals surface area contributed by atoms with Crippen molar-refractivity contribution in [3.8, 4) is 0 Å². The van der Waals surface area contributed by atoms with Gasteiger partial charge in [0.15, 0.2) is 9.84 Å². The highest BCUT2D eigenvalue weighted by Gasteiger charge is 2.28. The van der Waals surface area contributed by atoms with E-state index in [0.29, 0.717) is 12.1 Å². The van der Waals surface area contributed by atoms with Gasteiger partial charge in [0.05, 0.1) is 4.90 Å². The molecule has 20 heavy (non-hydrogen) atoms. The van der Waals surface area contributed by atoms with Crippen LogP contribution < -0.4 is 5.73 Å². The van der Waals surface area contributed by atoms with Crippen molar-refractivity contribution >= 4 is 15.7 Å². The Kier molecular flexibility index (Phi) is 4.15. The molecule has 2 unspecified atom stereocenters. The fourth-order valence-electron chi connectivity index (χ4n) is 2.54. The molecular formula is C14H20N2O3S. The molecule has 110 valence electrons. The van der Waals surface area contributed by atoms with Crippen molar-refractivity contribution in [1.82, 2.24) is 4.90 Å². The molecule has 1 heterocycles. The first-order valence-corrected chi connectivity index (χ1v) is 8.55. The molecule has 0 radical (unpaired) electrons. The molecule has 5 nitrogen and oxygen atoms in total. The zero-order valence-corrected chi connectivity index (χ0v) is 12.6. The zero-order chi connectivity index (χ0) is 14.9. The first-order chi connectivity index (χ1) is 9.29. The van der Waals surface area contributed by atoms with Gasteiger partial charge in [-0.3, -0.25) is 4.79 Å². The van der Waals surface area contributed by atoms with E-state index in [1.54, 1.807) is 17.0 Å². The Morgan fingerprint density at radius 3 is 2.70 bits per heavy atom. The van der Waals surface area contributed by atoms with E-state index in [4.69, 9.17) is 5.73 Å². The van der Waals surface area contributed by atoms with Gasteiger partial charge in [0.2, 0.25) is 0 Å². The lowest BCUT2D eigenvalue weighted by atomic mass is 9.98. The van der Waals surface area contributed by atoms with Crippen molar-refractivity contribution in [2.75, 3.05) is 12.8 Å². The van der Waals surface area contributed by atoms with Crippen LogP contribution in [-0.2, 0) is 9.84 Å². The van der Waals surface area contributed by atoms with Crippen molar-refractivity contribution in [3.63, 3.8) is 0 Å². The summed E-state index contributed by atoms with van der Waals surface area (Å²) in [6.45, 7) is 2.58. The molecule has 2 atom stereocenters. The molecule has 0 saturated carbocycles. The second kappa shape index (κ2) is 5.54. The zero-order valence-electron chi connectivity index (χ0n) is 11.7. The number of piperidine rings is 1. The molecule has 1 fully saturated rings. The summed E-state index contributed by atoms with van der Waals surface area (Å²) in [5.74, 6) is -0.130. The molecule has 1 amide bonds. The lowest BCUT2D eigenvalue weighted by Crippen LogP contribution is -2.48. The molecule has 0 spiro atoms. The van der Waals surface area contributed by atoms with Crippen LogP contribution in [0.3, 0.4) is 0 Å². The minimum atomic E-state index is -3.30. The number of carbonyl (C=O) groups excluding carboxylic acids is 1. The highest BCUT2D eigenvalue weighted by molar-refractivity contribution is 7.90. The van der Waals surface area contributed by atoms with Gasteiger partial charge in [0.25, 0.3) is 5.91 Å². The normalized spacial score (nSPS) is 23.6. The number of likely N-dealkylation sites (tertiary alicyclic amines) is 1. The fourth-order valence-corrected chi connectivity index (χ4v) is 3.20. The van der Waals surface area contributed by atoms with Crippen LogP contribution in [-0.4, -0.2) is 44.1 Å². The van der Waals surface area contributed by atoms with Crippen LogP contribution in [0.4, 0.5) is 0 Å². The summed E-state index contributed by atoms with van der Waals surface area (Å²) >= 11 is 0. The van der Waals surface area contributed by atoms with E-state index in [0.717, 1.165) is 19.1 Å². The summed E-state index contributed by atoms with van der Waals surface area (Å²) in [6.07, 6.45) is 2.69. The molecule has 2 rings (SSSR count). The van der Waals surface area contributed by atoms with Gasteiger partial charge in [0.1, 0.15) is 0 Å². The summed E-state index contributed by atoms with van der Waals surface area (Å²) in [4.78, 5) is 14.4. The summed E-state index contributed by atoms with van der Waals surface area (Å²) in [5, 5.41) is 0. The van der Waals surface area contributed by atoms with Gasteiger partial charge in [-0.2, -0.15) is 0 Å². The topological polar surface area (TPSA) is 80.5 Å². The Morgan fingerprint density at radius 1 is 1.40 bits per heavy atom. The quantitative estimate of drug-likeness (QED) is 0.884. The fraction of sp³-hybridized carbons (Fsp3) is 0.500. The van der Waals surface area contributed by atoms with Crippen LogP contribution >= 0.6 is 0 Å².